The second-order valence-corrected chi connectivity index (χ2v) is 5.63. The van der Waals surface area contributed by atoms with E-state index in [4.69, 9.17) is 4.74 Å². The molecule has 0 amide bonds. The van der Waals surface area contributed by atoms with E-state index in [0.29, 0.717) is 13.1 Å². The molecular weight excluding hydrogens is 218 g/mol. The number of nitrogens with zero attached hydrogens (tertiary/aromatic N) is 1. The second kappa shape index (κ2) is 5.94. The Kier molecular flexibility index (Phi) is 5.10. The molecule has 1 aliphatic rings. The molecule has 17 heavy (non-hydrogen) atoms. The van der Waals surface area contributed by atoms with Gasteiger partial charge in [-0.15, -0.1) is 0 Å². The summed E-state index contributed by atoms with van der Waals surface area (Å²) in [6.45, 7) is 9.86. The summed E-state index contributed by atoms with van der Waals surface area (Å²) in [5, 5.41) is 9.19. The first-order valence-corrected chi connectivity index (χ1v) is 6.41. The van der Waals surface area contributed by atoms with Gasteiger partial charge in [-0.3, -0.25) is 9.69 Å². The Morgan fingerprint density at radius 1 is 1.59 bits per heavy atom. The van der Waals surface area contributed by atoms with E-state index >= 15 is 0 Å². The quantitative estimate of drug-likeness (QED) is 0.785. The van der Waals surface area contributed by atoms with Gasteiger partial charge in [-0.2, -0.15) is 0 Å². The summed E-state index contributed by atoms with van der Waals surface area (Å²) in [5.41, 5.74) is -0.290. The molecule has 1 N–H and O–H groups in total. The molecule has 100 valence electrons. The van der Waals surface area contributed by atoms with Crippen molar-refractivity contribution in [2.24, 2.45) is 5.92 Å². The molecule has 2 unspecified atom stereocenters. The normalized spacial score (nSPS) is 26.8. The van der Waals surface area contributed by atoms with Crippen LogP contribution >= 0.6 is 0 Å². The molecule has 0 saturated carbocycles. The fourth-order valence-electron chi connectivity index (χ4n) is 2.24. The summed E-state index contributed by atoms with van der Waals surface area (Å²) in [6.07, 6.45) is 0.708. The van der Waals surface area contributed by atoms with E-state index < -0.39 is 0 Å². The Bertz CT molecular complexity index is 265. The molecule has 0 aromatic carbocycles. The van der Waals surface area contributed by atoms with Crippen LogP contribution in [-0.2, 0) is 9.53 Å². The standard InChI is InChI=1S/C13H25NO3/c1-5-10(2)12(16)7-14-6-11(8-15)17-13(3,4)9-14/h10-11,15H,5-9H2,1-4H3. The first-order chi connectivity index (χ1) is 7.88. The van der Waals surface area contributed by atoms with Gasteiger partial charge < -0.3 is 9.84 Å². The minimum Gasteiger partial charge on any atom is -0.394 e. The van der Waals surface area contributed by atoms with Crippen LogP contribution in [0.2, 0.25) is 0 Å². The highest BCUT2D eigenvalue weighted by Crippen LogP contribution is 2.21. The van der Waals surface area contributed by atoms with E-state index in [0.717, 1.165) is 13.0 Å². The van der Waals surface area contributed by atoms with Gasteiger partial charge in [0.25, 0.3) is 0 Å². The summed E-state index contributed by atoms with van der Waals surface area (Å²) >= 11 is 0. The molecule has 1 saturated heterocycles. The second-order valence-electron chi connectivity index (χ2n) is 5.63. The minimum absolute atomic E-state index is 0.0114. The van der Waals surface area contributed by atoms with Crippen molar-refractivity contribution in [3.05, 3.63) is 0 Å². The lowest BCUT2D eigenvalue weighted by Crippen LogP contribution is -2.55. The van der Waals surface area contributed by atoms with E-state index in [9.17, 15) is 9.90 Å². The van der Waals surface area contributed by atoms with Gasteiger partial charge in [-0.25, -0.2) is 0 Å². The smallest absolute Gasteiger partial charge is 0.149 e. The average Bonchev–Trinajstić information content (AvgIpc) is 2.25. The molecule has 0 aromatic heterocycles. The average molecular weight is 243 g/mol. The van der Waals surface area contributed by atoms with Gasteiger partial charge in [-0.1, -0.05) is 13.8 Å². The van der Waals surface area contributed by atoms with Crippen LogP contribution in [0, 0.1) is 5.92 Å². The number of rotatable bonds is 5. The van der Waals surface area contributed by atoms with Gasteiger partial charge in [0.1, 0.15) is 5.78 Å². The van der Waals surface area contributed by atoms with Crippen LogP contribution in [0.4, 0.5) is 0 Å². The number of morpholine rings is 1. The summed E-state index contributed by atoms with van der Waals surface area (Å²) < 4.78 is 5.72. The number of hydrogen-bond donors (Lipinski definition) is 1. The lowest BCUT2D eigenvalue weighted by molar-refractivity contribution is -0.153. The van der Waals surface area contributed by atoms with Crippen LogP contribution in [0.3, 0.4) is 0 Å². The number of Topliss-reactive ketones (excluding diaryl/α,β-unsaturated/α-hetero) is 1. The van der Waals surface area contributed by atoms with Crippen LogP contribution in [0.25, 0.3) is 0 Å². The van der Waals surface area contributed by atoms with Crippen molar-refractivity contribution < 1.29 is 14.6 Å². The fourth-order valence-corrected chi connectivity index (χ4v) is 2.24. The Morgan fingerprint density at radius 2 is 2.24 bits per heavy atom. The van der Waals surface area contributed by atoms with Crippen LogP contribution < -0.4 is 0 Å². The van der Waals surface area contributed by atoms with Crippen molar-refractivity contribution in [3.8, 4) is 0 Å². The number of carbonyl (C=O) groups excluding carboxylic acids is 1. The van der Waals surface area contributed by atoms with Gasteiger partial charge in [0, 0.05) is 19.0 Å². The molecule has 1 fully saturated rings. The van der Waals surface area contributed by atoms with E-state index in [1.165, 1.54) is 0 Å². The third-order valence-corrected chi connectivity index (χ3v) is 3.30. The number of carbonyl (C=O) groups is 1. The predicted molar refractivity (Wildman–Crippen MR) is 66.9 cm³/mol. The van der Waals surface area contributed by atoms with Crippen molar-refractivity contribution in [1.82, 2.24) is 4.90 Å². The Balaban J connectivity index is 2.56. The van der Waals surface area contributed by atoms with Crippen LogP contribution in [0.15, 0.2) is 0 Å². The van der Waals surface area contributed by atoms with E-state index in [-0.39, 0.29) is 30.0 Å². The van der Waals surface area contributed by atoms with Crippen molar-refractivity contribution in [3.63, 3.8) is 0 Å². The van der Waals surface area contributed by atoms with E-state index in [1.807, 2.05) is 27.7 Å². The molecule has 1 aliphatic heterocycles. The zero-order valence-electron chi connectivity index (χ0n) is 11.4. The highest BCUT2D eigenvalue weighted by Gasteiger charge is 2.33. The maximum Gasteiger partial charge on any atom is 0.149 e. The zero-order chi connectivity index (χ0) is 13.1. The lowest BCUT2D eigenvalue weighted by Gasteiger charge is -2.42. The maximum absolute atomic E-state index is 11.9. The SMILES string of the molecule is CCC(C)C(=O)CN1CC(CO)OC(C)(C)C1. The van der Waals surface area contributed by atoms with Crippen LogP contribution in [-0.4, -0.2) is 53.7 Å². The fraction of sp³-hybridized carbons (Fsp3) is 0.923. The van der Waals surface area contributed by atoms with Crippen molar-refractivity contribution in [2.75, 3.05) is 26.2 Å². The van der Waals surface area contributed by atoms with Gasteiger partial charge in [0.2, 0.25) is 0 Å². The molecule has 4 heteroatoms. The summed E-state index contributed by atoms with van der Waals surface area (Å²) in [7, 11) is 0. The number of ether oxygens (including phenoxy) is 1. The van der Waals surface area contributed by atoms with Crippen LogP contribution in [0.1, 0.15) is 34.1 Å². The number of ketones is 1. The first-order valence-electron chi connectivity index (χ1n) is 6.41. The molecule has 0 bridgehead atoms. The number of aliphatic hydroxyl groups excluding tert-OH is 1. The summed E-state index contributed by atoms with van der Waals surface area (Å²) in [6, 6.07) is 0. The van der Waals surface area contributed by atoms with E-state index in [2.05, 4.69) is 4.90 Å². The highest BCUT2D eigenvalue weighted by molar-refractivity contribution is 5.82. The zero-order valence-corrected chi connectivity index (χ0v) is 11.4. The maximum atomic E-state index is 11.9. The largest absolute Gasteiger partial charge is 0.394 e. The molecule has 0 radical (unpaired) electrons. The lowest BCUT2D eigenvalue weighted by atomic mass is 10.0. The molecule has 4 nitrogen and oxygen atoms in total. The number of hydrogen-bond acceptors (Lipinski definition) is 4. The van der Waals surface area contributed by atoms with E-state index in [1.54, 1.807) is 0 Å². The van der Waals surface area contributed by atoms with Gasteiger partial charge in [0.05, 0.1) is 24.9 Å². The molecule has 2 atom stereocenters. The molecule has 0 aliphatic carbocycles. The topological polar surface area (TPSA) is 49.8 Å². The number of aliphatic hydroxyl groups is 1. The van der Waals surface area contributed by atoms with Crippen molar-refractivity contribution in [2.45, 2.75) is 45.8 Å². The van der Waals surface area contributed by atoms with Crippen LogP contribution in [0.5, 0.6) is 0 Å². The monoisotopic (exact) mass is 243 g/mol. The van der Waals surface area contributed by atoms with Crippen molar-refractivity contribution in [1.29, 1.82) is 0 Å². The third kappa shape index (κ3) is 4.37. The predicted octanol–water partition coefficient (Wildman–Crippen LogP) is 1.07. The van der Waals surface area contributed by atoms with Gasteiger partial charge in [-0.05, 0) is 20.3 Å². The summed E-state index contributed by atoms with van der Waals surface area (Å²) in [5.74, 6) is 0.399. The first kappa shape index (κ1) is 14.6. The molecule has 1 heterocycles. The highest BCUT2D eigenvalue weighted by atomic mass is 16.5. The molecule has 0 spiro atoms. The molecule has 1 rings (SSSR count). The Hall–Kier alpha value is -0.450. The summed E-state index contributed by atoms with van der Waals surface area (Å²) in [4.78, 5) is 14.0. The molecule has 0 aromatic rings. The third-order valence-electron chi connectivity index (χ3n) is 3.30. The minimum atomic E-state index is -0.290. The molecular formula is C13H25NO3. The van der Waals surface area contributed by atoms with Gasteiger partial charge >= 0.3 is 0 Å². The Labute approximate surface area is 104 Å². The van der Waals surface area contributed by atoms with Gasteiger partial charge in [0.15, 0.2) is 0 Å². The Morgan fingerprint density at radius 3 is 2.76 bits per heavy atom. The van der Waals surface area contributed by atoms with Crippen molar-refractivity contribution >= 4 is 5.78 Å².